The molecule has 0 saturated carbocycles. The van der Waals surface area contributed by atoms with Crippen LogP contribution >= 0.6 is 0 Å². The molecule has 0 unspecified atom stereocenters. The van der Waals surface area contributed by atoms with Gasteiger partial charge in [-0.3, -0.25) is 9.59 Å². The fourth-order valence-electron chi connectivity index (χ4n) is 6.84. The largest absolute Gasteiger partial charge is 0.508 e. The van der Waals surface area contributed by atoms with E-state index in [1.807, 2.05) is 78.7 Å². The number of aliphatic hydroxyl groups excluding tert-OH is 2. The average Bonchev–Trinajstić information content (AvgIpc) is 3.21. The summed E-state index contributed by atoms with van der Waals surface area (Å²) in [4.78, 5) is 27.0. The number of carbonyl (C=O) groups excluding carboxylic acids is 2. The number of hydrogen-bond acceptors (Lipinski definition) is 9. The van der Waals surface area contributed by atoms with Crippen LogP contribution in [0, 0.1) is 0 Å². The Morgan fingerprint density at radius 2 is 1.55 bits per heavy atom. The second-order valence-corrected chi connectivity index (χ2v) is 14.3. The first-order valence-corrected chi connectivity index (χ1v) is 18.9. The first kappa shape index (κ1) is 40.1. The number of phenolic OH excluding ortho intramolecular Hbond substituents is 1. The second kappa shape index (κ2) is 19.3. The van der Waals surface area contributed by atoms with Gasteiger partial charge in [0.25, 0.3) is 0 Å². The summed E-state index contributed by atoms with van der Waals surface area (Å²) in [5.74, 6) is -0.215. The van der Waals surface area contributed by atoms with Gasteiger partial charge in [0.15, 0.2) is 6.29 Å². The number of phenols is 1. The Bertz CT molecular complexity index is 2070. The Morgan fingerprint density at radius 1 is 0.821 bits per heavy atom. The molecule has 11 heteroatoms. The van der Waals surface area contributed by atoms with E-state index in [4.69, 9.17) is 15.2 Å². The number of nitrogen functional groups attached to an aromatic ring is 1. The van der Waals surface area contributed by atoms with Crippen molar-refractivity contribution in [3.63, 3.8) is 0 Å². The molecular formula is C45H50N4O7. The summed E-state index contributed by atoms with van der Waals surface area (Å²) >= 11 is 0. The van der Waals surface area contributed by atoms with Gasteiger partial charge in [-0.2, -0.15) is 0 Å². The zero-order valence-corrected chi connectivity index (χ0v) is 31.5. The third kappa shape index (κ3) is 11.2. The molecule has 1 fully saturated rings. The first-order chi connectivity index (χ1) is 27.1. The predicted octanol–water partition coefficient (Wildman–Crippen LogP) is 6.77. The number of rotatable bonds is 16. The molecule has 11 nitrogen and oxygen atoms in total. The second-order valence-electron chi connectivity index (χ2n) is 14.3. The summed E-state index contributed by atoms with van der Waals surface area (Å²) in [5, 5.41) is 36.1. The standard InChI is InChI=1S/C45H50N4O7/c1-49(28-41(52)35-11-6-13-37(51)24-35)27-38-25-42(32-20-18-30(29-50)19-21-32)56-45(55-38)36-12-5-10-34(23-36)33-9-4-8-31(22-33)26-47-43(53)16-7-17-44(54)48-40-15-3-2-14-39(40)46/h2-6,8-15,18-24,38,41-42,45,50-52H,7,16-17,25-29,46H2,1H3,(H,47,53)(H,48,54)/t38-,41-,42+,45+/m1/s1. The van der Waals surface area contributed by atoms with Crippen LogP contribution < -0.4 is 16.4 Å². The molecule has 1 aliphatic heterocycles. The first-order valence-electron chi connectivity index (χ1n) is 18.9. The quantitative estimate of drug-likeness (QED) is 0.0596. The molecular weight excluding hydrogens is 709 g/mol. The Labute approximate surface area is 327 Å². The van der Waals surface area contributed by atoms with Gasteiger partial charge in [-0.15, -0.1) is 0 Å². The minimum Gasteiger partial charge on any atom is -0.508 e. The van der Waals surface area contributed by atoms with Gasteiger partial charge in [-0.05, 0) is 83.2 Å². The summed E-state index contributed by atoms with van der Waals surface area (Å²) in [6.45, 7) is 1.18. The lowest BCUT2D eigenvalue weighted by molar-refractivity contribution is -0.252. The topological polar surface area (TPSA) is 167 Å². The van der Waals surface area contributed by atoms with Crippen LogP contribution in [-0.4, -0.2) is 58.3 Å². The molecule has 1 heterocycles. The third-order valence-electron chi connectivity index (χ3n) is 9.82. The zero-order chi connectivity index (χ0) is 39.4. The lowest BCUT2D eigenvalue weighted by Gasteiger charge is -2.38. The maximum atomic E-state index is 12.6. The van der Waals surface area contributed by atoms with E-state index in [1.54, 1.807) is 48.5 Å². The van der Waals surface area contributed by atoms with Crippen LogP contribution in [0.3, 0.4) is 0 Å². The van der Waals surface area contributed by atoms with Gasteiger partial charge in [0.2, 0.25) is 11.8 Å². The highest BCUT2D eigenvalue weighted by Crippen LogP contribution is 2.39. The highest BCUT2D eigenvalue weighted by molar-refractivity contribution is 5.94. The van der Waals surface area contributed by atoms with Gasteiger partial charge in [-0.25, -0.2) is 0 Å². The lowest BCUT2D eigenvalue weighted by atomic mass is 9.98. The summed E-state index contributed by atoms with van der Waals surface area (Å²) < 4.78 is 13.2. The minimum atomic E-state index is -0.788. The van der Waals surface area contributed by atoms with Crippen molar-refractivity contribution in [2.75, 3.05) is 31.2 Å². The van der Waals surface area contributed by atoms with Gasteiger partial charge in [0.05, 0.1) is 36.3 Å². The van der Waals surface area contributed by atoms with Gasteiger partial charge in [0, 0.05) is 44.5 Å². The van der Waals surface area contributed by atoms with E-state index in [9.17, 15) is 24.9 Å². The van der Waals surface area contributed by atoms with Crippen molar-refractivity contribution >= 4 is 23.2 Å². The summed E-state index contributed by atoms with van der Waals surface area (Å²) in [5.41, 5.74) is 13.1. The van der Waals surface area contributed by atoms with E-state index in [0.717, 1.165) is 33.4 Å². The molecule has 2 amide bonds. The Balaban J connectivity index is 1.08. The fourth-order valence-corrected chi connectivity index (χ4v) is 6.84. The molecule has 1 saturated heterocycles. The highest BCUT2D eigenvalue weighted by atomic mass is 16.7. The monoisotopic (exact) mass is 758 g/mol. The molecule has 0 aromatic heterocycles. The van der Waals surface area contributed by atoms with Crippen molar-refractivity contribution in [2.45, 2.75) is 63.4 Å². The fraction of sp³-hybridized carbons (Fsp3) is 0.289. The number of ether oxygens (including phenoxy) is 2. The maximum absolute atomic E-state index is 12.6. The van der Waals surface area contributed by atoms with E-state index >= 15 is 0 Å². The predicted molar refractivity (Wildman–Crippen MR) is 216 cm³/mol. The van der Waals surface area contributed by atoms with Gasteiger partial charge in [0.1, 0.15) is 5.75 Å². The highest BCUT2D eigenvalue weighted by Gasteiger charge is 2.33. The number of aromatic hydroxyl groups is 1. The van der Waals surface area contributed by atoms with E-state index in [1.165, 1.54) is 0 Å². The smallest absolute Gasteiger partial charge is 0.224 e. The molecule has 0 aliphatic carbocycles. The number of para-hydroxylation sites is 2. The Hall–Kier alpha value is -5.56. The van der Waals surface area contributed by atoms with Crippen LogP contribution in [0.2, 0.25) is 0 Å². The van der Waals surface area contributed by atoms with Crippen molar-refractivity contribution in [1.82, 2.24) is 10.2 Å². The van der Waals surface area contributed by atoms with E-state index < -0.39 is 12.4 Å². The van der Waals surface area contributed by atoms with Crippen LogP contribution in [0.5, 0.6) is 5.75 Å². The van der Waals surface area contributed by atoms with Gasteiger partial charge >= 0.3 is 0 Å². The zero-order valence-electron chi connectivity index (χ0n) is 31.5. The van der Waals surface area contributed by atoms with Crippen molar-refractivity contribution in [1.29, 1.82) is 0 Å². The molecule has 0 bridgehead atoms. The normalized spacial score (nSPS) is 17.3. The Kier molecular flexibility index (Phi) is 13.9. The number of amides is 2. The molecule has 5 aromatic carbocycles. The van der Waals surface area contributed by atoms with Crippen LogP contribution in [-0.2, 0) is 32.2 Å². The van der Waals surface area contributed by atoms with E-state index in [0.29, 0.717) is 49.4 Å². The molecule has 1 aliphatic rings. The maximum Gasteiger partial charge on any atom is 0.224 e. The number of anilines is 2. The number of nitrogens with two attached hydrogens (primary N) is 1. The molecule has 0 radical (unpaired) electrons. The molecule has 6 rings (SSSR count). The SMILES string of the molecule is CN(C[C@H]1C[C@@H](c2ccc(CO)cc2)O[C@@H](c2cccc(-c3cccc(CNC(=O)CCCC(=O)Nc4ccccc4N)c3)c2)O1)C[C@@H](O)c1cccc(O)c1. The van der Waals surface area contributed by atoms with Crippen molar-refractivity contribution in [3.05, 3.63) is 149 Å². The van der Waals surface area contributed by atoms with Gasteiger partial charge in [-0.1, -0.05) is 84.9 Å². The molecule has 7 N–H and O–H groups in total. The number of benzene rings is 5. The van der Waals surface area contributed by atoms with E-state index in [2.05, 4.69) is 16.7 Å². The molecule has 0 spiro atoms. The number of likely N-dealkylation sites (N-methyl/N-ethyl adjacent to an activating group) is 1. The number of nitrogens with one attached hydrogen (secondary N) is 2. The molecule has 292 valence electrons. The molecule has 5 aromatic rings. The molecule has 56 heavy (non-hydrogen) atoms. The Morgan fingerprint density at radius 3 is 2.32 bits per heavy atom. The summed E-state index contributed by atoms with van der Waals surface area (Å²) in [6, 6.07) is 37.5. The third-order valence-corrected chi connectivity index (χ3v) is 9.82. The number of nitrogens with zero attached hydrogens (tertiary/aromatic N) is 1. The van der Waals surface area contributed by atoms with Crippen LogP contribution in [0.1, 0.15) is 72.0 Å². The van der Waals surface area contributed by atoms with Crippen LogP contribution in [0.15, 0.2) is 121 Å². The number of aliphatic hydroxyl groups is 2. The van der Waals surface area contributed by atoms with Crippen LogP contribution in [0.25, 0.3) is 11.1 Å². The van der Waals surface area contributed by atoms with E-state index in [-0.39, 0.29) is 49.2 Å². The van der Waals surface area contributed by atoms with Crippen molar-refractivity contribution in [2.24, 2.45) is 0 Å². The van der Waals surface area contributed by atoms with Gasteiger partial charge < -0.3 is 46.1 Å². The summed E-state index contributed by atoms with van der Waals surface area (Å²) in [7, 11) is 1.93. The number of hydrogen-bond donors (Lipinski definition) is 6. The van der Waals surface area contributed by atoms with Crippen molar-refractivity contribution in [3.8, 4) is 16.9 Å². The summed E-state index contributed by atoms with van der Waals surface area (Å²) in [6.07, 6.45) is -0.531. The van der Waals surface area contributed by atoms with Crippen molar-refractivity contribution < 1.29 is 34.4 Å². The van der Waals surface area contributed by atoms with Crippen LogP contribution in [0.4, 0.5) is 11.4 Å². The number of carbonyl (C=O) groups is 2. The minimum absolute atomic E-state index is 0.0426. The average molecular weight is 759 g/mol. The molecule has 4 atom stereocenters. The lowest BCUT2D eigenvalue weighted by Crippen LogP contribution is -2.39.